The molecule has 2 fully saturated rings. The second-order valence-electron chi connectivity index (χ2n) is 5.91. The Morgan fingerprint density at radius 2 is 1.67 bits per heavy atom. The maximum atomic E-state index is 13.6. The molecule has 0 aromatic heterocycles. The van der Waals surface area contributed by atoms with E-state index in [2.05, 4.69) is 0 Å². The zero-order valence-corrected chi connectivity index (χ0v) is 12.4. The first-order valence-corrected chi connectivity index (χ1v) is 6.94. The molecule has 1 heterocycles. The van der Waals surface area contributed by atoms with Gasteiger partial charge in [0.1, 0.15) is 0 Å². The molecule has 130 valence electrons. The summed E-state index contributed by atoms with van der Waals surface area (Å²) in [4.78, 5) is 32.7. The molecule has 1 aliphatic heterocycles. The highest BCUT2D eigenvalue weighted by molar-refractivity contribution is 5.94. The summed E-state index contributed by atoms with van der Waals surface area (Å²) >= 11 is 0. The van der Waals surface area contributed by atoms with E-state index in [1.54, 1.807) is 4.90 Å². The van der Waals surface area contributed by atoms with Gasteiger partial charge in [-0.1, -0.05) is 12.1 Å². The van der Waals surface area contributed by atoms with Crippen molar-refractivity contribution in [1.29, 1.82) is 0 Å². The number of likely N-dealkylation sites (tertiary alicyclic amines) is 1. The second kappa shape index (κ2) is 6.16. The Balaban J connectivity index is 0.000000647. The molecule has 1 aliphatic carbocycles. The van der Waals surface area contributed by atoms with Crippen LogP contribution in [0.4, 0.5) is 8.78 Å². The first-order valence-electron chi connectivity index (χ1n) is 6.94. The predicted molar refractivity (Wildman–Crippen MR) is 75.1 cm³/mol. The van der Waals surface area contributed by atoms with Gasteiger partial charge < -0.3 is 15.3 Å². The van der Waals surface area contributed by atoms with Gasteiger partial charge in [-0.15, -0.1) is 0 Å². The van der Waals surface area contributed by atoms with Crippen LogP contribution in [0.15, 0.2) is 18.2 Å². The van der Waals surface area contributed by atoms with Gasteiger partial charge in [0, 0.05) is 25.2 Å². The van der Waals surface area contributed by atoms with Crippen molar-refractivity contribution in [2.45, 2.75) is 13.0 Å². The summed E-state index contributed by atoms with van der Waals surface area (Å²) in [6, 6.07) is 3.77. The summed E-state index contributed by atoms with van der Waals surface area (Å²) in [6.07, 6.45) is 0.0901. The minimum Gasteiger partial charge on any atom is -0.483 e. The van der Waals surface area contributed by atoms with Gasteiger partial charge in [0.25, 0.3) is 6.47 Å². The van der Waals surface area contributed by atoms with E-state index in [1.807, 2.05) is 0 Å². The van der Waals surface area contributed by atoms with E-state index >= 15 is 0 Å². The number of hydrogen-bond acceptors (Lipinski definition) is 4. The van der Waals surface area contributed by atoms with Gasteiger partial charge in [0.15, 0.2) is 11.6 Å². The van der Waals surface area contributed by atoms with Gasteiger partial charge in [0.2, 0.25) is 0 Å². The maximum Gasteiger partial charge on any atom is 0.312 e. The first kappa shape index (κ1) is 17.8. The molecule has 9 heteroatoms. The zero-order chi connectivity index (χ0) is 18.1. The van der Waals surface area contributed by atoms with Crippen LogP contribution in [-0.2, 0) is 20.9 Å². The molecule has 1 saturated carbocycles. The molecule has 7 nitrogen and oxygen atoms in total. The number of carboxylic acid groups (broad SMARTS) is 3. The molecule has 3 rings (SSSR count). The monoisotopic (exact) mass is 343 g/mol. The minimum absolute atomic E-state index is 0.00630. The molecule has 1 saturated heterocycles. The lowest BCUT2D eigenvalue weighted by molar-refractivity contribution is -0.151. The van der Waals surface area contributed by atoms with Crippen LogP contribution >= 0.6 is 0 Å². The second-order valence-corrected chi connectivity index (χ2v) is 5.91. The zero-order valence-electron chi connectivity index (χ0n) is 12.4. The van der Waals surface area contributed by atoms with Crippen LogP contribution in [-0.4, -0.2) is 51.7 Å². The van der Waals surface area contributed by atoms with Crippen molar-refractivity contribution in [2.75, 3.05) is 13.1 Å². The highest BCUT2D eigenvalue weighted by Gasteiger charge is 2.80. The minimum atomic E-state index is -1.30. The van der Waals surface area contributed by atoms with Crippen LogP contribution in [0.5, 0.6) is 0 Å². The average Bonchev–Trinajstić information content (AvgIpc) is 3.05. The van der Waals surface area contributed by atoms with Crippen molar-refractivity contribution in [3.8, 4) is 0 Å². The fourth-order valence-corrected chi connectivity index (χ4v) is 3.42. The molecule has 1 aromatic carbocycles. The number of rotatable bonds is 4. The molecule has 2 aliphatic rings. The van der Waals surface area contributed by atoms with E-state index in [0.717, 1.165) is 6.07 Å². The molecule has 0 spiro atoms. The summed E-state index contributed by atoms with van der Waals surface area (Å²) in [7, 11) is 0. The quantitative estimate of drug-likeness (QED) is 0.699. The number of piperidine rings is 1. The number of fused-ring (bicyclic) bond motifs is 1. The van der Waals surface area contributed by atoms with E-state index in [0.29, 0.717) is 0 Å². The number of aliphatic carboxylic acids is 2. The Kier molecular flexibility index (Phi) is 4.57. The van der Waals surface area contributed by atoms with Gasteiger partial charge in [-0.05, 0) is 12.5 Å². The molecule has 0 unspecified atom stereocenters. The number of halogens is 2. The van der Waals surface area contributed by atoms with Gasteiger partial charge >= 0.3 is 11.9 Å². The van der Waals surface area contributed by atoms with Gasteiger partial charge in [0.05, 0.1) is 10.8 Å². The van der Waals surface area contributed by atoms with Crippen molar-refractivity contribution in [1.82, 2.24) is 4.90 Å². The highest BCUT2D eigenvalue weighted by atomic mass is 19.2. The van der Waals surface area contributed by atoms with E-state index < -0.39 is 34.4 Å². The largest absolute Gasteiger partial charge is 0.483 e. The summed E-state index contributed by atoms with van der Waals surface area (Å²) in [5.74, 6) is -4.25. The number of benzene rings is 1. The molecule has 1 aromatic rings. The number of carbonyl (C=O) groups is 3. The van der Waals surface area contributed by atoms with Crippen molar-refractivity contribution in [2.24, 2.45) is 10.8 Å². The highest BCUT2D eigenvalue weighted by Crippen LogP contribution is 2.68. The molecule has 0 amide bonds. The Morgan fingerprint density at radius 1 is 1.17 bits per heavy atom. The van der Waals surface area contributed by atoms with Crippen LogP contribution in [0.25, 0.3) is 0 Å². The number of hydrogen-bond donors (Lipinski definition) is 3. The molecule has 0 radical (unpaired) electrons. The molecular weight excluding hydrogens is 328 g/mol. The SMILES string of the molecule is O=C(O)[C@@]12CN(Cc3cccc(F)c3F)C[C@]1(C(=O)O)C2.O=CO. The van der Waals surface area contributed by atoms with Gasteiger partial charge in [-0.3, -0.25) is 19.3 Å². The lowest BCUT2D eigenvalue weighted by atomic mass is 9.97. The average molecular weight is 343 g/mol. The molecule has 2 atom stereocenters. The third-order valence-corrected chi connectivity index (χ3v) is 4.63. The Hall–Kier alpha value is -2.55. The Morgan fingerprint density at radius 3 is 2.12 bits per heavy atom. The molecule has 3 N–H and O–H groups in total. The summed E-state index contributed by atoms with van der Waals surface area (Å²) in [5, 5.41) is 25.5. The fraction of sp³-hybridized carbons (Fsp3) is 0.400. The van der Waals surface area contributed by atoms with E-state index in [-0.39, 0.29) is 38.1 Å². The third-order valence-electron chi connectivity index (χ3n) is 4.63. The third kappa shape index (κ3) is 2.60. The van der Waals surface area contributed by atoms with Crippen molar-refractivity contribution in [3.05, 3.63) is 35.4 Å². The van der Waals surface area contributed by atoms with Crippen LogP contribution in [0.3, 0.4) is 0 Å². The summed E-state index contributed by atoms with van der Waals surface area (Å²) < 4.78 is 26.8. The van der Waals surface area contributed by atoms with Crippen LogP contribution < -0.4 is 0 Å². The van der Waals surface area contributed by atoms with Gasteiger partial charge in [-0.2, -0.15) is 0 Å². The Labute approximate surface area is 135 Å². The normalized spacial score (nSPS) is 27.6. The molecule has 0 bridgehead atoms. The lowest BCUT2D eigenvalue weighted by Crippen LogP contribution is -2.28. The first-order chi connectivity index (χ1) is 11.2. The predicted octanol–water partition coefficient (Wildman–Crippen LogP) is 1.03. The van der Waals surface area contributed by atoms with Crippen molar-refractivity contribution < 1.29 is 38.5 Å². The maximum absolute atomic E-state index is 13.6. The molecule has 24 heavy (non-hydrogen) atoms. The Bertz CT molecular complexity index is 669. The fourth-order valence-electron chi connectivity index (χ4n) is 3.42. The lowest BCUT2D eigenvalue weighted by Gasteiger charge is -2.19. The molecular formula is C15H15F2NO6. The van der Waals surface area contributed by atoms with Crippen LogP contribution in [0.2, 0.25) is 0 Å². The topological polar surface area (TPSA) is 115 Å². The van der Waals surface area contributed by atoms with Gasteiger partial charge in [-0.25, -0.2) is 8.78 Å². The van der Waals surface area contributed by atoms with E-state index in [4.69, 9.17) is 9.90 Å². The standard InChI is InChI=1S/C14H13F2NO4.CH2O2/c15-9-3-1-2-8(10(9)16)4-17-6-13(11(18)19)5-14(13,7-17)12(20)21;2-1-3/h1-3H,4-7H2,(H,18,19)(H,20,21);1H,(H,2,3)/t13-,14+;. The van der Waals surface area contributed by atoms with E-state index in [9.17, 15) is 28.6 Å². The van der Waals surface area contributed by atoms with E-state index in [1.165, 1.54) is 12.1 Å². The van der Waals surface area contributed by atoms with Crippen LogP contribution in [0.1, 0.15) is 12.0 Å². The smallest absolute Gasteiger partial charge is 0.312 e. The summed E-state index contributed by atoms with van der Waals surface area (Å²) in [6.45, 7) is -0.192. The van der Waals surface area contributed by atoms with Crippen molar-refractivity contribution in [3.63, 3.8) is 0 Å². The number of nitrogens with zero attached hydrogens (tertiary/aromatic N) is 1. The number of carboxylic acids is 2. The summed E-state index contributed by atoms with van der Waals surface area (Å²) in [5.41, 5.74) is -2.51. The van der Waals surface area contributed by atoms with Crippen molar-refractivity contribution >= 4 is 18.4 Å². The van der Waals surface area contributed by atoms with Crippen LogP contribution in [0, 0.1) is 22.5 Å².